The van der Waals surface area contributed by atoms with E-state index in [1.807, 2.05) is 0 Å². The number of amides is 2. The highest BCUT2D eigenvalue weighted by Crippen LogP contribution is 2.27. The Hall–Kier alpha value is -2.20. The van der Waals surface area contributed by atoms with E-state index in [2.05, 4.69) is 10.6 Å². The fourth-order valence-electron chi connectivity index (χ4n) is 1.83. The van der Waals surface area contributed by atoms with Crippen molar-refractivity contribution >= 4 is 44.6 Å². The number of hydrogen-bond acceptors (Lipinski definition) is 6. The molecule has 11 heteroatoms. The highest BCUT2D eigenvalue weighted by molar-refractivity contribution is 7.90. The molecule has 0 fully saturated rings. The lowest BCUT2D eigenvalue weighted by Gasteiger charge is -2.17. The van der Waals surface area contributed by atoms with Crippen molar-refractivity contribution in [1.82, 2.24) is 5.32 Å². The predicted octanol–water partition coefficient (Wildman–Crippen LogP) is 1.13. The van der Waals surface area contributed by atoms with Crippen molar-refractivity contribution in [1.29, 1.82) is 0 Å². The van der Waals surface area contributed by atoms with Crippen LogP contribution in [0.15, 0.2) is 18.2 Å². The molecule has 132 valence electrons. The first-order valence-electron chi connectivity index (χ1n) is 6.69. The number of anilines is 1. The van der Waals surface area contributed by atoms with Gasteiger partial charge in [0.25, 0.3) is 5.69 Å². The standard InChI is InChI=1S/C13H16ClN3O6S/c1-8(18)15-11(5-6-24(2,22)23)13(19)16-10-4-3-9(14)7-12(10)17(20)21/h3-4,7,11H,5-6H2,1-2H3,(H,15,18)(H,16,19). The van der Waals surface area contributed by atoms with Gasteiger partial charge in [-0.1, -0.05) is 11.6 Å². The van der Waals surface area contributed by atoms with Gasteiger partial charge in [-0.3, -0.25) is 19.7 Å². The van der Waals surface area contributed by atoms with Gasteiger partial charge in [-0.05, 0) is 18.6 Å². The van der Waals surface area contributed by atoms with Crippen LogP contribution in [0.1, 0.15) is 13.3 Å². The van der Waals surface area contributed by atoms with Gasteiger partial charge in [0.05, 0.1) is 10.7 Å². The van der Waals surface area contributed by atoms with Crippen LogP contribution >= 0.6 is 11.6 Å². The number of nitro benzene ring substituents is 1. The molecule has 2 N–H and O–H groups in total. The van der Waals surface area contributed by atoms with E-state index >= 15 is 0 Å². The SMILES string of the molecule is CC(=O)NC(CCS(C)(=O)=O)C(=O)Nc1ccc(Cl)cc1[N+](=O)[O-]. The first kappa shape index (κ1) is 19.8. The smallest absolute Gasteiger partial charge is 0.294 e. The molecule has 1 rings (SSSR count). The van der Waals surface area contributed by atoms with Gasteiger partial charge in [-0.15, -0.1) is 0 Å². The van der Waals surface area contributed by atoms with E-state index in [0.29, 0.717) is 0 Å². The topological polar surface area (TPSA) is 135 Å². The molecule has 1 aromatic rings. The second kappa shape index (κ2) is 8.06. The van der Waals surface area contributed by atoms with Crippen LogP contribution in [0.3, 0.4) is 0 Å². The monoisotopic (exact) mass is 377 g/mol. The largest absolute Gasteiger partial charge is 0.345 e. The fourth-order valence-corrected chi connectivity index (χ4v) is 2.66. The number of rotatable bonds is 7. The number of sulfone groups is 1. The Kier molecular flexibility index (Phi) is 6.67. The van der Waals surface area contributed by atoms with E-state index in [1.54, 1.807) is 0 Å². The molecule has 0 spiro atoms. The van der Waals surface area contributed by atoms with Crippen LogP contribution in [-0.2, 0) is 19.4 Å². The summed E-state index contributed by atoms with van der Waals surface area (Å²) in [5.74, 6) is -1.62. The van der Waals surface area contributed by atoms with Gasteiger partial charge in [0.2, 0.25) is 11.8 Å². The maximum Gasteiger partial charge on any atom is 0.294 e. The lowest BCUT2D eigenvalue weighted by Crippen LogP contribution is -2.44. The summed E-state index contributed by atoms with van der Waals surface area (Å²) in [7, 11) is -3.35. The lowest BCUT2D eigenvalue weighted by atomic mass is 10.2. The number of carbonyl (C=O) groups excluding carboxylic acids is 2. The highest BCUT2D eigenvalue weighted by atomic mass is 35.5. The predicted molar refractivity (Wildman–Crippen MR) is 88.7 cm³/mol. The van der Waals surface area contributed by atoms with Crippen molar-refractivity contribution in [3.05, 3.63) is 33.3 Å². The molecule has 1 atom stereocenters. The molecule has 0 saturated carbocycles. The normalized spacial score (nSPS) is 12.3. The summed E-state index contributed by atoms with van der Waals surface area (Å²) in [4.78, 5) is 33.7. The molecule has 0 heterocycles. The van der Waals surface area contributed by atoms with Crippen LogP contribution in [0.2, 0.25) is 5.02 Å². The molecule has 0 saturated heterocycles. The Balaban J connectivity index is 2.99. The number of nitrogens with one attached hydrogen (secondary N) is 2. The van der Waals surface area contributed by atoms with Crippen molar-refractivity contribution in [2.45, 2.75) is 19.4 Å². The number of hydrogen-bond donors (Lipinski definition) is 2. The molecular weight excluding hydrogens is 362 g/mol. The Morgan fingerprint density at radius 2 is 2.00 bits per heavy atom. The second-order valence-electron chi connectivity index (χ2n) is 5.08. The van der Waals surface area contributed by atoms with E-state index in [-0.39, 0.29) is 22.9 Å². The minimum Gasteiger partial charge on any atom is -0.345 e. The summed E-state index contributed by atoms with van der Waals surface area (Å²) < 4.78 is 22.5. The number of nitrogens with zero attached hydrogens (tertiary/aromatic N) is 1. The molecule has 2 amide bonds. The molecule has 0 aliphatic carbocycles. The third-order valence-electron chi connectivity index (χ3n) is 2.89. The van der Waals surface area contributed by atoms with E-state index in [9.17, 15) is 28.1 Å². The third kappa shape index (κ3) is 6.50. The average Bonchev–Trinajstić information content (AvgIpc) is 2.43. The molecule has 9 nitrogen and oxygen atoms in total. The zero-order chi connectivity index (χ0) is 18.5. The van der Waals surface area contributed by atoms with Crippen LogP contribution in [-0.4, -0.2) is 43.2 Å². The van der Waals surface area contributed by atoms with Gasteiger partial charge < -0.3 is 10.6 Å². The molecule has 0 aromatic heterocycles. The molecule has 24 heavy (non-hydrogen) atoms. The number of halogens is 1. The first-order chi connectivity index (χ1) is 11.0. The molecule has 0 bridgehead atoms. The fraction of sp³-hybridized carbons (Fsp3) is 0.385. The molecule has 0 aliphatic rings. The van der Waals surface area contributed by atoms with Gasteiger partial charge in [0.15, 0.2) is 0 Å². The van der Waals surface area contributed by atoms with Crippen molar-refractivity contribution in [2.24, 2.45) is 0 Å². The summed E-state index contributed by atoms with van der Waals surface area (Å²) in [6.45, 7) is 1.17. The summed E-state index contributed by atoms with van der Waals surface area (Å²) in [5.41, 5.74) is -0.523. The highest BCUT2D eigenvalue weighted by Gasteiger charge is 2.24. The van der Waals surface area contributed by atoms with Crippen molar-refractivity contribution < 1.29 is 22.9 Å². The van der Waals surface area contributed by atoms with Crippen LogP contribution in [0, 0.1) is 10.1 Å². The maximum atomic E-state index is 12.2. The number of benzene rings is 1. The zero-order valence-corrected chi connectivity index (χ0v) is 14.5. The van der Waals surface area contributed by atoms with Crippen LogP contribution < -0.4 is 10.6 Å². The lowest BCUT2D eigenvalue weighted by molar-refractivity contribution is -0.383. The summed E-state index contributed by atoms with van der Waals surface area (Å²) in [6, 6.07) is 2.53. The third-order valence-corrected chi connectivity index (χ3v) is 4.10. The molecular formula is C13H16ClN3O6S. The first-order valence-corrected chi connectivity index (χ1v) is 9.13. The second-order valence-corrected chi connectivity index (χ2v) is 7.78. The van der Waals surface area contributed by atoms with E-state index in [4.69, 9.17) is 11.6 Å². The van der Waals surface area contributed by atoms with Crippen LogP contribution in [0.5, 0.6) is 0 Å². The number of nitro groups is 1. The Morgan fingerprint density at radius 1 is 1.38 bits per heavy atom. The number of carbonyl (C=O) groups is 2. The quantitative estimate of drug-likeness (QED) is 0.540. The van der Waals surface area contributed by atoms with Crippen molar-refractivity contribution in [3.63, 3.8) is 0 Å². The Morgan fingerprint density at radius 3 is 2.50 bits per heavy atom. The molecule has 1 unspecified atom stereocenters. The van der Waals surface area contributed by atoms with E-state index < -0.39 is 38.3 Å². The maximum absolute atomic E-state index is 12.2. The molecule has 1 aromatic carbocycles. The van der Waals surface area contributed by atoms with Gasteiger partial charge in [0.1, 0.15) is 21.6 Å². The van der Waals surface area contributed by atoms with Gasteiger partial charge in [-0.25, -0.2) is 8.42 Å². The van der Waals surface area contributed by atoms with Crippen molar-refractivity contribution in [3.8, 4) is 0 Å². The van der Waals surface area contributed by atoms with E-state index in [0.717, 1.165) is 12.3 Å². The minimum absolute atomic E-state index is 0.107. The Labute approximate surface area is 143 Å². The van der Waals surface area contributed by atoms with Crippen LogP contribution in [0.25, 0.3) is 0 Å². The summed E-state index contributed by atoms with van der Waals surface area (Å²) in [6.07, 6.45) is 0.839. The summed E-state index contributed by atoms with van der Waals surface area (Å²) >= 11 is 5.69. The average molecular weight is 378 g/mol. The van der Waals surface area contributed by atoms with Gasteiger partial charge in [-0.2, -0.15) is 0 Å². The Bertz CT molecular complexity index is 765. The van der Waals surface area contributed by atoms with Crippen LogP contribution in [0.4, 0.5) is 11.4 Å². The molecule has 0 radical (unpaired) electrons. The minimum atomic E-state index is -3.35. The molecule has 0 aliphatic heterocycles. The summed E-state index contributed by atoms with van der Waals surface area (Å²) in [5, 5.41) is 15.8. The van der Waals surface area contributed by atoms with Gasteiger partial charge in [0, 0.05) is 24.3 Å². The zero-order valence-electron chi connectivity index (χ0n) is 12.9. The van der Waals surface area contributed by atoms with Crippen molar-refractivity contribution in [2.75, 3.05) is 17.3 Å². The van der Waals surface area contributed by atoms with Gasteiger partial charge >= 0.3 is 0 Å². The van der Waals surface area contributed by atoms with E-state index in [1.165, 1.54) is 19.1 Å².